The molecule has 0 fully saturated rings. The van der Waals surface area contributed by atoms with Crippen molar-refractivity contribution in [3.05, 3.63) is 71.0 Å². The molecule has 2 rings (SSSR count). The van der Waals surface area contributed by atoms with E-state index >= 15 is 0 Å². The maximum atomic E-state index is 13.0. The smallest absolute Gasteiger partial charge is 0.123 e. The molecule has 86 valence electrons. The molecule has 0 heterocycles. The van der Waals surface area contributed by atoms with Gasteiger partial charge >= 0.3 is 0 Å². The second kappa shape index (κ2) is 5.44. The van der Waals surface area contributed by atoms with Crippen molar-refractivity contribution in [3.63, 3.8) is 0 Å². The van der Waals surface area contributed by atoms with Crippen LogP contribution in [-0.4, -0.2) is 0 Å². The van der Waals surface area contributed by atoms with Crippen molar-refractivity contribution in [2.45, 2.75) is 13.3 Å². The van der Waals surface area contributed by atoms with Crippen LogP contribution in [0.15, 0.2) is 48.5 Å². The Morgan fingerprint density at radius 1 is 0.941 bits per heavy atom. The topological polar surface area (TPSA) is 0 Å². The number of hydrogen-bond acceptors (Lipinski definition) is 0. The van der Waals surface area contributed by atoms with E-state index in [1.807, 2.05) is 18.2 Å². The first-order valence-electron chi connectivity index (χ1n) is 5.80. The van der Waals surface area contributed by atoms with E-state index in [4.69, 9.17) is 0 Å². The zero-order chi connectivity index (χ0) is 12.1. The van der Waals surface area contributed by atoms with Crippen molar-refractivity contribution in [1.29, 1.82) is 0 Å². The summed E-state index contributed by atoms with van der Waals surface area (Å²) in [5.41, 5.74) is 3.34. The van der Waals surface area contributed by atoms with Gasteiger partial charge in [-0.3, -0.25) is 0 Å². The van der Waals surface area contributed by atoms with E-state index in [2.05, 4.69) is 31.2 Å². The molecule has 0 N–H and O–H groups in total. The van der Waals surface area contributed by atoms with Gasteiger partial charge in [-0.15, -0.1) is 0 Å². The van der Waals surface area contributed by atoms with Crippen LogP contribution < -0.4 is 0 Å². The third-order valence-electron chi connectivity index (χ3n) is 2.70. The molecular formula is C16H15F. The first kappa shape index (κ1) is 11.6. The largest absolute Gasteiger partial charge is 0.207 e. The molecule has 0 unspecified atom stereocenters. The van der Waals surface area contributed by atoms with E-state index in [-0.39, 0.29) is 5.82 Å². The number of aryl methyl sites for hydroxylation is 1. The molecule has 0 nitrogen and oxygen atoms in total. The molecule has 2 aromatic rings. The molecule has 0 aliphatic rings. The predicted molar refractivity (Wildman–Crippen MR) is 71.1 cm³/mol. The van der Waals surface area contributed by atoms with Gasteiger partial charge in [-0.05, 0) is 35.2 Å². The zero-order valence-corrected chi connectivity index (χ0v) is 9.86. The molecule has 0 spiro atoms. The highest BCUT2D eigenvalue weighted by atomic mass is 19.1. The maximum absolute atomic E-state index is 13.0. The Morgan fingerprint density at radius 2 is 1.65 bits per heavy atom. The first-order valence-corrected chi connectivity index (χ1v) is 5.80. The van der Waals surface area contributed by atoms with Gasteiger partial charge in [0.1, 0.15) is 5.82 Å². The highest BCUT2D eigenvalue weighted by molar-refractivity contribution is 5.69. The minimum atomic E-state index is -0.200. The van der Waals surface area contributed by atoms with Crippen LogP contribution in [0.5, 0.6) is 0 Å². The Bertz CT molecular complexity index is 509. The number of rotatable bonds is 3. The summed E-state index contributed by atoms with van der Waals surface area (Å²) in [6.07, 6.45) is 4.96. The lowest BCUT2D eigenvalue weighted by molar-refractivity contribution is 0.627. The summed E-state index contributed by atoms with van der Waals surface area (Å²) in [6, 6.07) is 15.0. The van der Waals surface area contributed by atoms with Gasteiger partial charge in [0.25, 0.3) is 0 Å². The SMILES string of the molecule is CCc1ccc(/C=C/c2cccc(F)c2)cc1. The molecule has 17 heavy (non-hydrogen) atoms. The lowest BCUT2D eigenvalue weighted by atomic mass is 10.1. The Balaban J connectivity index is 2.14. The van der Waals surface area contributed by atoms with Gasteiger partial charge in [-0.1, -0.05) is 55.5 Å². The molecule has 0 radical (unpaired) electrons. The van der Waals surface area contributed by atoms with E-state index in [1.165, 1.54) is 17.7 Å². The first-order chi connectivity index (χ1) is 8.28. The minimum Gasteiger partial charge on any atom is -0.207 e. The molecule has 0 saturated heterocycles. The summed E-state index contributed by atoms with van der Waals surface area (Å²) in [6.45, 7) is 2.14. The van der Waals surface area contributed by atoms with Crippen molar-refractivity contribution in [3.8, 4) is 0 Å². The standard InChI is InChI=1S/C16H15F/c1-2-13-6-8-14(9-7-13)10-11-15-4-3-5-16(17)12-15/h3-12H,2H2,1H3/b11-10+. The minimum absolute atomic E-state index is 0.200. The second-order valence-corrected chi connectivity index (χ2v) is 3.98. The fourth-order valence-corrected chi connectivity index (χ4v) is 1.67. The van der Waals surface area contributed by atoms with Crippen LogP contribution in [0.25, 0.3) is 12.2 Å². The van der Waals surface area contributed by atoms with Gasteiger partial charge in [-0.2, -0.15) is 0 Å². The lowest BCUT2D eigenvalue weighted by Crippen LogP contribution is -1.79. The molecule has 1 heteroatoms. The van der Waals surface area contributed by atoms with Crippen molar-refractivity contribution >= 4 is 12.2 Å². The van der Waals surface area contributed by atoms with Crippen molar-refractivity contribution in [1.82, 2.24) is 0 Å². The summed E-state index contributed by atoms with van der Waals surface area (Å²) in [4.78, 5) is 0. The molecule has 0 amide bonds. The van der Waals surface area contributed by atoms with Crippen LogP contribution in [-0.2, 0) is 6.42 Å². The Labute approximate surface area is 101 Å². The molecular weight excluding hydrogens is 211 g/mol. The van der Waals surface area contributed by atoms with E-state index in [0.29, 0.717) is 0 Å². The fourth-order valence-electron chi connectivity index (χ4n) is 1.67. The molecule has 0 aromatic heterocycles. The van der Waals surface area contributed by atoms with Gasteiger partial charge in [0.15, 0.2) is 0 Å². The molecule has 0 aliphatic heterocycles. The van der Waals surface area contributed by atoms with E-state index in [9.17, 15) is 4.39 Å². The van der Waals surface area contributed by atoms with Gasteiger partial charge in [0.2, 0.25) is 0 Å². The molecule has 0 bridgehead atoms. The third kappa shape index (κ3) is 3.28. The highest BCUT2D eigenvalue weighted by Crippen LogP contribution is 2.11. The number of benzene rings is 2. The molecule has 0 saturated carbocycles. The predicted octanol–water partition coefficient (Wildman–Crippen LogP) is 4.56. The van der Waals surface area contributed by atoms with Gasteiger partial charge in [0.05, 0.1) is 0 Å². The fraction of sp³-hybridized carbons (Fsp3) is 0.125. The summed E-state index contributed by atoms with van der Waals surface area (Å²) >= 11 is 0. The van der Waals surface area contributed by atoms with E-state index in [1.54, 1.807) is 6.07 Å². The van der Waals surface area contributed by atoms with E-state index < -0.39 is 0 Å². The maximum Gasteiger partial charge on any atom is 0.123 e. The highest BCUT2D eigenvalue weighted by Gasteiger charge is 1.92. The lowest BCUT2D eigenvalue weighted by Gasteiger charge is -1.97. The summed E-state index contributed by atoms with van der Waals surface area (Å²) in [5, 5.41) is 0. The normalized spacial score (nSPS) is 10.9. The average Bonchev–Trinajstić information content (AvgIpc) is 2.37. The number of hydrogen-bond donors (Lipinski definition) is 0. The van der Waals surface area contributed by atoms with Crippen LogP contribution in [0.4, 0.5) is 4.39 Å². The third-order valence-corrected chi connectivity index (χ3v) is 2.70. The van der Waals surface area contributed by atoms with Crippen LogP contribution in [0.2, 0.25) is 0 Å². The number of halogens is 1. The zero-order valence-electron chi connectivity index (χ0n) is 9.86. The average molecular weight is 226 g/mol. The van der Waals surface area contributed by atoms with Gasteiger partial charge in [-0.25, -0.2) is 4.39 Å². The van der Waals surface area contributed by atoms with Gasteiger partial charge < -0.3 is 0 Å². The van der Waals surface area contributed by atoms with Gasteiger partial charge in [0, 0.05) is 0 Å². The van der Waals surface area contributed by atoms with Crippen LogP contribution >= 0.6 is 0 Å². The Morgan fingerprint density at radius 3 is 2.29 bits per heavy atom. The second-order valence-electron chi connectivity index (χ2n) is 3.98. The summed E-state index contributed by atoms with van der Waals surface area (Å²) < 4.78 is 13.0. The molecule has 2 aromatic carbocycles. The Kier molecular flexibility index (Phi) is 3.71. The quantitative estimate of drug-likeness (QED) is 0.673. The monoisotopic (exact) mass is 226 g/mol. The van der Waals surface area contributed by atoms with Crippen LogP contribution in [0.3, 0.4) is 0 Å². The van der Waals surface area contributed by atoms with Crippen LogP contribution in [0.1, 0.15) is 23.6 Å². The summed E-state index contributed by atoms with van der Waals surface area (Å²) in [7, 11) is 0. The van der Waals surface area contributed by atoms with Crippen molar-refractivity contribution in [2.75, 3.05) is 0 Å². The molecule has 0 aliphatic carbocycles. The Hall–Kier alpha value is -1.89. The molecule has 0 atom stereocenters. The summed E-state index contributed by atoms with van der Waals surface area (Å²) in [5.74, 6) is -0.200. The van der Waals surface area contributed by atoms with Crippen molar-refractivity contribution < 1.29 is 4.39 Å². The van der Waals surface area contributed by atoms with E-state index in [0.717, 1.165) is 17.5 Å². The van der Waals surface area contributed by atoms with Crippen LogP contribution in [0, 0.1) is 5.82 Å². The van der Waals surface area contributed by atoms with Crippen molar-refractivity contribution in [2.24, 2.45) is 0 Å².